The van der Waals surface area contributed by atoms with Crippen molar-refractivity contribution in [3.8, 4) is 33.9 Å². The monoisotopic (exact) mass is 730 g/mol. The zero-order valence-corrected chi connectivity index (χ0v) is 29.3. The van der Waals surface area contributed by atoms with Crippen molar-refractivity contribution in [1.29, 1.82) is 0 Å². The highest BCUT2D eigenvalue weighted by Crippen LogP contribution is 2.43. The maximum absolute atomic E-state index is 15.9. The van der Waals surface area contributed by atoms with Crippen LogP contribution in [-0.2, 0) is 23.1 Å². The number of para-hydroxylation sites is 1. The van der Waals surface area contributed by atoms with Gasteiger partial charge in [-0.1, -0.05) is 46.6 Å². The first-order valence-corrected chi connectivity index (χ1v) is 17.0. The van der Waals surface area contributed by atoms with Gasteiger partial charge in [-0.25, -0.2) is 18.9 Å². The molecule has 3 aliphatic heterocycles. The molecule has 2 fully saturated rings. The summed E-state index contributed by atoms with van der Waals surface area (Å²) < 4.78 is 39.9. The number of hydrogen-bond donors (Lipinski definition) is 0. The number of carbonyl (C=O) groups excluding carboxylic acids is 2. The second-order valence-corrected chi connectivity index (χ2v) is 13.5. The van der Waals surface area contributed by atoms with Crippen LogP contribution < -0.4 is 14.3 Å². The van der Waals surface area contributed by atoms with Crippen LogP contribution >= 0.6 is 23.2 Å². The van der Waals surface area contributed by atoms with Crippen molar-refractivity contribution in [2.24, 2.45) is 7.05 Å². The normalized spacial score (nSPS) is 16.7. The van der Waals surface area contributed by atoms with Crippen LogP contribution in [0.3, 0.4) is 0 Å². The van der Waals surface area contributed by atoms with Gasteiger partial charge in [-0.05, 0) is 42.6 Å². The van der Waals surface area contributed by atoms with E-state index in [-0.39, 0.29) is 52.9 Å². The number of amides is 1. The largest absolute Gasteiger partial charge is 0.479 e. The van der Waals surface area contributed by atoms with E-state index >= 15 is 4.39 Å². The number of aryl methyl sites for hydroxylation is 1. The molecule has 0 saturated carbocycles. The number of hydrogen-bond acceptors (Lipinski definition) is 10. The van der Waals surface area contributed by atoms with E-state index in [1.165, 1.54) is 25.2 Å². The summed E-state index contributed by atoms with van der Waals surface area (Å²) >= 11 is 13.5. The van der Waals surface area contributed by atoms with E-state index in [0.29, 0.717) is 63.7 Å². The van der Waals surface area contributed by atoms with Gasteiger partial charge in [0, 0.05) is 53.7 Å². The molecule has 8 rings (SSSR count). The van der Waals surface area contributed by atoms with Gasteiger partial charge >= 0.3 is 5.97 Å². The number of benzene rings is 3. The molecule has 1 unspecified atom stereocenters. The van der Waals surface area contributed by atoms with Crippen molar-refractivity contribution in [2.75, 3.05) is 38.9 Å². The van der Waals surface area contributed by atoms with E-state index in [1.54, 1.807) is 48.3 Å². The summed E-state index contributed by atoms with van der Waals surface area (Å²) in [6.45, 7) is 1.14. The minimum absolute atomic E-state index is 0.0691. The number of carbonyl (C=O) groups is 2. The Bertz CT molecular complexity index is 2220. The fraction of sp³-hybridized carbons (Fsp3) is 0.286. The SMILES string of the molecule is COC(=O)c1cc(F)c(-c2cccc3c2OCN(C(=O)c2c(Cl)cc(-c4cnc(OC)c5c4nnn5C)cc2Cl)C3)cc1N1B2CCC1COC2. The zero-order valence-electron chi connectivity index (χ0n) is 27.8. The topological polar surface area (TPSA) is 121 Å². The zero-order chi connectivity index (χ0) is 35.6. The highest BCUT2D eigenvalue weighted by atomic mass is 35.5. The molecule has 2 bridgehead atoms. The highest BCUT2D eigenvalue weighted by Gasteiger charge is 2.42. The molecule has 0 spiro atoms. The number of pyridine rings is 1. The second kappa shape index (κ2) is 13.0. The second-order valence-electron chi connectivity index (χ2n) is 12.6. The first kappa shape index (κ1) is 33.2. The van der Waals surface area contributed by atoms with E-state index in [2.05, 4.69) is 20.1 Å². The molecule has 1 atom stereocenters. The Morgan fingerprint density at radius 1 is 1.08 bits per heavy atom. The molecule has 16 heteroatoms. The molecule has 0 N–H and O–H groups in total. The molecule has 2 aromatic heterocycles. The standard InChI is InChI=1S/C35H30BCl2FN6O6/c1-43-31-30(41-42-43)24(13-40-33(31)48-2)19-9-25(37)29(26(38)10-19)34(46)44-14-18-5-4-6-21(32(18)51-17-44)22-12-28(23(11-27(22)39)35(47)49-3)45-20-7-8-36(45)16-50-15-20/h4-6,9-13,20H,7-8,14-17H2,1-3H3. The van der Waals surface area contributed by atoms with Crippen LogP contribution in [0.5, 0.6) is 11.6 Å². The van der Waals surface area contributed by atoms with Crippen LogP contribution in [-0.4, -0.2) is 83.7 Å². The maximum atomic E-state index is 15.9. The van der Waals surface area contributed by atoms with Crippen molar-refractivity contribution in [3.05, 3.63) is 81.2 Å². The molecule has 51 heavy (non-hydrogen) atoms. The summed E-state index contributed by atoms with van der Waals surface area (Å²) in [6.07, 6.45) is 3.41. The van der Waals surface area contributed by atoms with Crippen LogP contribution in [0.1, 0.15) is 32.7 Å². The third-order valence-corrected chi connectivity index (χ3v) is 10.4. The van der Waals surface area contributed by atoms with Gasteiger partial charge in [0.2, 0.25) is 5.88 Å². The van der Waals surface area contributed by atoms with Crippen LogP contribution in [0.15, 0.2) is 48.7 Å². The highest BCUT2D eigenvalue weighted by molar-refractivity contribution is 6.64. The summed E-state index contributed by atoms with van der Waals surface area (Å²) in [6, 6.07) is 11.6. The lowest BCUT2D eigenvalue weighted by atomic mass is 9.60. The summed E-state index contributed by atoms with van der Waals surface area (Å²) in [5.41, 5.74) is 4.62. The summed E-state index contributed by atoms with van der Waals surface area (Å²) in [4.78, 5) is 34.8. The Balaban J connectivity index is 1.11. The van der Waals surface area contributed by atoms with Crippen LogP contribution in [0.2, 0.25) is 16.4 Å². The van der Waals surface area contributed by atoms with Crippen molar-refractivity contribution in [3.63, 3.8) is 0 Å². The van der Waals surface area contributed by atoms with E-state index in [9.17, 15) is 9.59 Å². The molecular formula is C35H30BCl2FN6O6. The summed E-state index contributed by atoms with van der Waals surface area (Å²) in [7, 11) is 4.53. The van der Waals surface area contributed by atoms with Crippen molar-refractivity contribution in [1.82, 2.24) is 24.9 Å². The van der Waals surface area contributed by atoms with E-state index in [0.717, 1.165) is 12.7 Å². The fourth-order valence-electron chi connectivity index (χ4n) is 7.37. The lowest BCUT2D eigenvalue weighted by Crippen LogP contribution is -2.49. The molecule has 260 valence electrons. The number of methoxy groups -OCH3 is 2. The lowest BCUT2D eigenvalue weighted by Gasteiger charge is -2.37. The third kappa shape index (κ3) is 5.52. The smallest absolute Gasteiger partial charge is 0.340 e. The Morgan fingerprint density at radius 2 is 1.88 bits per heavy atom. The van der Waals surface area contributed by atoms with E-state index in [1.807, 2.05) is 6.07 Å². The molecule has 2 saturated heterocycles. The number of esters is 1. The van der Waals surface area contributed by atoms with Gasteiger partial charge in [0.05, 0.1) is 48.5 Å². The number of fused-ring (bicyclic) bond motifs is 4. The van der Waals surface area contributed by atoms with Crippen LogP contribution in [0, 0.1) is 5.82 Å². The predicted octanol–water partition coefficient (Wildman–Crippen LogP) is 6.07. The van der Waals surface area contributed by atoms with Gasteiger partial charge in [-0.15, -0.1) is 5.10 Å². The third-order valence-electron chi connectivity index (χ3n) is 9.76. The van der Waals surface area contributed by atoms with Crippen molar-refractivity contribution in [2.45, 2.75) is 25.3 Å². The predicted molar refractivity (Wildman–Crippen MR) is 189 cm³/mol. The molecule has 0 radical (unpaired) electrons. The van der Waals surface area contributed by atoms with Gasteiger partial charge in [-0.2, -0.15) is 0 Å². The fourth-order valence-corrected chi connectivity index (χ4v) is 8.02. The molecule has 3 aromatic carbocycles. The first-order valence-electron chi connectivity index (χ1n) is 16.2. The quantitative estimate of drug-likeness (QED) is 0.150. The molecular weight excluding hydrogens is 701 g/mol. The first-order chi connectivity index (χ1) is 24.7. The molecule has 0 aliphatic carbocycles. The number of ether oxygens (including phenoxy) is 4. The number of nitrogens with zero attached hydrogens (tertiary/aromatic N) is 6. The Hall–Kier alpha value is -4.92. The van der Waals surface area contributed by atoms with Crippen LogP contribution in [0.25, 0.3) is 33.3 Å². The average molecular weight is 731 g/mol. The average Bonchev–Trinajstić information content (AvgIpc) is 3.64. The van der Waals surface area contributed by atoms with Gasteiger partial charge in [-0.3, -0.25) is 4.79 Å². The van der Waals surface area contributed by atoms with E-state index < -0.39 is 17.7 Å². The number of halogens is 3. The Labute approximate surface area is 302 Å². The van der Waals surface area contributed by atoms with E-state index in [4.69, 9.17) is 42.1 Å². The lowest BCUT2D eigenvalue weighted by molar-refractivity contribution is 0.0515. The molecule has 12 nitrogen and oxygen atoms in total. The van der Waals surface area contributed by atoms with Crippen LogP contribution in [0.4, 0.5) is 10.1 Å². The molecule has 3 aliphatic rings. The Kier molecular flexibility index (Phi) is 8.48. The van der Waals surface area contributed by atoms with Crippen molar-refractivity contribution >= 4 is 58.6 Å². The van der Waals surface area contributed by atoms with Gasteiger partial charge in [0.15, 0.2) is 12.2 Å². The maximum Gasteiger partial charge on any atom is 0.340 e. The number of rotatable bonds is 6. The minimum Gasteiger partial charge on any atom is -0.479 e. The van der Waals surface area contributed by atoms with Gasteiger partial charge in [0.1, 0.15) is 17.1 Å². The minimum atomic E-state index is -0.616. The van der Waals surface area contributed by atoms with Gasteiger partial charge in [0.25, 0.3) is 12.8 Å². The summed E-state index contributed by atoms with van der Waals surface area (Å²) in [5, 5.41) is 8.63. The number of anilines is 1. The van der Waals surface area contributed by atoms with Crippen molar-refractivity contribution < 1.29 is 32.9 Å². The number of aromatic nitrogens is 4. The molecule has 5 aromatic rings. The Morgan fingerprint density at radius 3 is 2.63 bits per heavy atom. The molecule has 1 amide bonds. The summed E-state index contributed by atoms with van der Waals surface area (Å²) in [5.74, 6) is -0.850. The van der Waals surface area contributed by atoms with Gasteiger partial charge < -0.3 is 28.7 Å². The molecule has 5 heterocycles.